The molecule has 1 aliphatic rings. The molecule has 0 unspecified atom stereocenters. The molecule has 0 aliphatic carbocycles. The Morgan fingerprint density at radius 1 is 1.03 bits per heavy atom. The molecular weight excluding hydrogens is 402 g/mol. The summed E-state index contributed by atoms with van der Waals surface area (Å²) in [6.07, 6.45) is 0. The van der Waals surface area contributed by atoms with Gasteiger partial charge in [-0.25, -0.2) is 13.2 Å². The molecule has 0 radical (unpaired) electrons. The van der Waals surface area contributed by atoms with Crippen molar-refractivity contribution in [2.24, 2.45) is 7.05 Å². The van der Waals surface area contributed by atoms with E-state index < -0.39 is 16.0 Å². The predicted molar refractivity (Wildman–Crippen MR) is 118 cm³/mol. The van der Waals surface area contributed by atoms with Crippen LogP contribution in [0.4, 0.5) is 5.69 Å². The van der Waals surface area contributed by atoms with Crippen LogP contribution in [0.3, 0.4) is 0 Å². The predicted octanol–water partition coefficient (Wildman–Crippen LogP) is 2.95. The standard InChI is InChI=1S/C22H31N3O4S/c1-7-29-22(26)20-17(4)23(6)18(5)21(20)30(27,28)25-12-10-24(11-13-25)19-14-15(2)8-9-16(19)3/h8-9,14H,7,10-13H2,1-6H3. The van der Waals surface area contributed by atoms with E-state index in [4.69, 9.17) is 4.74 Å². The fraction of sp³-hybridized carbons (Fsp3) is 0.500. The quantitative estimate of drug-likeness (QED) is 0.678. The Bertz CT molecular complexity index is 1060. The number of carbonyl (C=O) groups is 1. The number of piperazine rings is 1. The second-order valence-electron chi connectivity index (χ2n) is 7.84. The minimum absolute atomic E-state index is 0.0705. The Labute approximate surface area is 179 Å². The van der Waals surface area contributed by atoms with Gasteiger partial charge in [0.05, 0.1) is 6.61 Å². The molecule has 3 rings (SSSR count). The molecule has 2 aromatic rings. The van der Waals surface area contributed by atoms with Gasteiger partial charge in [-0.05, 0) is 51.8 Å². The number of rotatable bonds is 5. The van der Waals surface area contributed by atoms with Crippen LogP contribution in [0.25, 0.3) is 0 Å². The van der Waals surface area contributed by atoms with Crippen LogP contribution in [0.2, 0.25) is 0 Å². The minimum Gasteiger partial charge on any atom is -0.462 e. The minimum atomic E-state index is -3.83. The largest absolute Gasteiger partial charge is 0.462 e. The van der Waals surface area contributed by atoms with Crippen molar-refractivity contribution in [1.82, 2.24) is 8.87 Å². The van der Waals surface area contributed by atoms with Crippen LogP contribution >= 0.6 is 0 Å². The number of nitrogens with zero attached hydrogens (tertiary/aromatic N) is 3. The summed E-state index contributed by atoms with van der Waals surface area (Å²) in [5.41, 5.74) is 4.79. The number of sulfonamides is 1. The maximum atomic E-state index is 13.6. The highest BCUT2D eigenvalue weighted by atomic mass is 32.2. The van der Waals surface area contributed by atoms with Gasteiger partial charge in [0, 0.05) is 50.3 Å². The fourth-order valence-electron chi connectivity index (χ4n) is 4.03. The summed E-state index contributed by atoms with van der Waals surface area (Å²) < 4.78 is 35.5. The molecule has 1 aromatic carbocycles. The molecule has 30 heavy (non-hydrogen) atoms. The number of hydrogen-bond donors (Lipinski definition) is 0. The Kier molecular flexibility index (Phi) is 6.29. The summed E-state index contributed by atoms with van der Waals surface area (Å²) in [5.74, 6) is -0.591. The topological polar surface area (TPSA) is 71.8 Å². The number of aryl methyl sites for hydroxylation is 2. The summed E-state index contributed by atoms with van der Waals surface area (Å²) in [4.78, 5) is 14.9. The van der Waals surface area contributed by atoms with Crippen molar-refractivity contribution in [3.63, 3.8) is 0 Å². The van der Waals surface area contributed by atoms with Crippen LogP contribution in [0.5, 0.6) is 0 Å². The summed E-state index contributed by atoms with van der Waals surface area (Å²) in [5, 5.41) is 0. The fourth-order valence-corrected chi connectivity index (χ4v) is 5.94. The summed E-state index contributed by atoms with van der Waals surface area (Å²) in [7, 11) is -2.06. The van der Waals surface area contributed by atoms with E-state index >= 15 is 0 Å². The maximum absolute atomic E-state index is 13.6. The highest BCUT2D eigenvalue weighted by molar-refractivity contribution is 7.89. The number of hydrogen-bond acceptors (Lipinski definition) is 5. The Morgan fingerprint density at radius 2 is 1.67 bits per heavy atom. The molecule has 0 bridgehead atoms. The summed E-state index contributed by atoms with van der Waals surface area (Å²) in [6.45, 7) is 11.4. The molecule has 0 spiro atoms. The molecule has 0 atom stereocenters. The number of carbonyl (C=O) groups excluding carboxylic acids is 1. The molecule has 0 amide bonds. The molecular formula is C22H31N3O4S. The lowest BCUT2D eigenvalue weighted by Crippen LogP contribution is -2.49. The van der Waals surface area contributed by atoms with Gasteiger partial charge in [-0.2, -0.15) is 4.31 Å². The van der Waals surface area contributed by atoms with Crippen LogP contribution in [-0.4, -0.2) is 56.0 Å². The average molecular weight is 434 g/mol. The molecule has 8 heteroatoms. The zero-order chi connectivity index (χ0) is 22.2. The van der Waals surface area contributed by atoms with Crippen LogP contribution in [0.15, 0.2) is 23.1 Å². The number of esters is 1. The normalized spacial score (nSPS) is 15.5. The molecule has 0 N–H and O–H groups in total. The van der Waals surface area contributed by atoms with Crippen LogP contribution < -0.4 is 4.90 Å². The van der Waals surface area contributed by atoms with E-state index in [2.05, 4.69) is 36.9 Å². The monoisotopic (exact) mass is 433 g/mol. The molecule has 164 valence electrons. The molecule has 1 aromatic heterocycles. The molecule has 1 saturated heterocycles. The zero-order valence-corrected chi connectivity index (χ0v) is 19.5. The molecule has 1 fully saturated rings. The van der Waals surface area contributed by atoms with Crippen LogP contribution in [0, 0.1) is 27.7 Å². The molecule has 0 saturated carbocycles. The highest BCUT2D eigenvalue weighted by Crippen LogP contribution is 2.31. The number of anilines is 1. The summed E-state index contributed by atoms with van der Waals surface area (Å²) in [6, 6.07) is 6.32. The van der Waals surface area contributed by atoms with E-state index in [0.29, 0.717) is 37.6 Å². The zero-order valence-electron chi connectivity index (χ0n) is 18.7. The van der Waals surface area contributed by atoms with E-state index in [0.717, 1.165) is 5.69 Å². The van der Waals surface area contributed by atoms with Crippen LogP contribution in [-0.2, 0) is 21.8 Å². The van der Waals surface area contributed by atoms with Gasteiger partial charge in [0.15, 0.2) is 0 Å². The van der Waals surface area contributed by atoms with Gasteiger partial charge in [0.2, 0.25) is 10.0 Å². The third-order valence-corrected chi connectivity index (χ3v) is 8.01. The first-order valence-electron chi connectivity index (χ1n) is 10.2. The van der Waals surface area contributed by atoms with Gasteiger partial charge in [-0.3, -0.25) is 0 Å². The molecule has 2 heterocycles. The van der Waals surface area contributed by atoms with E-state index in [1.165, 1.54) is 15.4 Å². The smallest absolute Gasteiger partial charge is 0.341 e. The SMILES string of the molecule is CCOC(=O)c1c(S(=O)(=O)N2CCN(c3cc(C)ccc3C)CC2)c(C)n(C)c1C. The van der Waals surface area contributed by atoms with Crippen molar-refractivity contribution in [2.75, 3.05) is 37.7 Å². The second-order valence-corrected chi connectivity index (χ2v) is 9.71. The lowest BCUT2D eigenvalue weighted by molar-refractivity contribution is 0.0521. The second kappa shape index (κ2) is 8.43. The van der Waals surface area contributed by atoms with Gasteiger partial charge in [-0.1, -0.05) is 12.1 Å². The van der Waals surface area contributed by atoms with Crippen molar-refractivity contribution in [3.05, 3.63) is 46.3 Å². The first-order chi connectivity index (χ1) is 14.1. The number of aromatic nitrogens is 1. The third-order valence-electron chi connectivity index (χ3n) is 5.95. The number of ether oxygens (including phenoxy) is 1. The maximum Gasteiger partial charge on any atom is 0.341 e. The molecule has 1 aliphatic heterocycles. The van der Waals surface area contributed by atoms with Gasteiger partial charge in [0.25, 0.3) is 0 Å². The van der Waals surface area contributed by atoms with E-state index in [9.17, 15) is 13.2 Å². The van der Waals surface area contributed by atoms with Crippen molar-refractivity contribution < 1.29 is 17.9 Å². The van der Waals surface area contributed by atoms with Gasteiger partial charge in [-0.15, -0.1) is 0 Å². The van der Waals surface area contributed by atoms with Crippen molar-refractivity contribution in [1.29, 1.82) is 0 Å². The van der Waals surface area contributed by atoms with Crippen molar-refractivity contribution >= 4 is 21.7 Å². The Morgan fingerprint density at radius 3 is 2.27 bits per heavy atom. The van der Waals surface area contributed by atoms with E-state index in [1.807, 2.05) is 0 Å². The summed E-state index contributed by atoms with van der Waals surface area (Å²) >= 11 is 0. The van der Waals surface area contributed by atoms with Crippen molar-refractivity contribution in [3.8, 4) is 0 Å². The van der Waals surface area contributed by atoms with E-state index in [1.54, 1.807) is 32.4 Å². The highest BCUT2D eigenvalue weighted by Gasteiger charge is 2.37. The molecule has 7 nitrogen and oxygen atoms in total. The van der Waals surface area contributed by atoms with E-state index in [-0.39, 0.29) is 17.1 Å². The van der Waals surface area contributed by atoms with Crippen molar-refractivity contribution in [2.45, 2.75) is 39.5 Å². The Balaban J connectivity index is 1.90. The average Bonchev–Trinajstić information content (AvgIpc) is 2.94. The van der Waals surface area contributed by atoms with Gasteiger partial charge in [0.1, 0.15) is 10.5 Å². The number of benzene rings is 1. The first kappa shape index (κ1) is 22.4. The van der Waals surface area contributed by atoms with Gasteiger partial charge >= 0.3 is 5.97 Å². The lowest BCUT2D eigenvalue weighted by atomic mass is 10.1. The third kappa shape index (κ3) is 3.86. The van der Waals surface area contributed by atoms with Gasteiger partial charge < -0.3 is 14.2 Å². The lowest BCUT2D eigenvalue weighted by Gasteiger charge is -2.36. The Hall–Kier alpha value is -2.32. The van der Waals surface area contributed by atoms with Crippen LogP contribution in [0.1, 0.15) is 39.8 Å². The first-order valence-corrected chi connectivity index (χ1v) is 11.7.